The smallest absolute Gasteiger partial charge is 0.0715 e. The standard InChI is InChI=1S/C23H31N3/c1-15-11-17(3)21(18(4)12-15)25-9-7-24-8-10-26(23(24)25)22-19(5)13-16(2)14-20(22)6/h11-14,24H,7-10H2,1-6H3. The zero-order chi connectivity index (χ0) is 18.6. The Morgan fingerprint density at radius 1 is 0.654 bits per heavy atom. The molecule has 3 nitrogen and oxygen atoms in total. The van der Waals surface area contributed by atoms with Crippen LogP contribution in [0.1, 0.15) is 33.4 Å². The molecule has 3 heteroatoms. The molecule has 26 heavy (non-hydrogen) atoms. The quantitative estimate of drug-likeness (QED) is 0.835. The molecule has 2 aliphatic heterocycles. The second-order valence-electron chi connectivity index (χ2n) is 8.23. The minimum atomic E-state index is 1.11. The molecule has 0 bridgehead atoms. The highest BCUT2D eigenvalue weighted by Gasteiger charge is 2.36. The molecule has 138 valence electrons. The number of benzene rings is 2. The molecule has 0 aromatic heterocycles. The predicted molar refractivity (Wildman–Crippen MR) is 110 cm³/mol. The van der Waals surface area contributed by atoms with Gasteiger partial charge in [0.05, 0.1) is 19.4 Å². The average molecular weight is 350 g/mol. The second-order valence-corrected chi connectivity index (χ2v) is 8.23. The molecule has 0 saturated carbocycles. The number of aryl methyl sites for hydroxylation is 6. The van der Waals surface area contributed by atoms with Gasteiger partial charge in [-0.1, -0.05) is 35.4 Å². The Hall–Kier alpha value is -2.00. The van der Waals surface area contributed by atoms with E-state index in [-0.39, 0.29) is 0 Å². The molecule has 2 aromatic rings. The van der Waals surface area contributed by atoms with E-state index in [1.807, 2.05) is 0 Å². The van der Waals surface area contributed by atoms with Crippen LogP contribution in [-0.4, -0.2) is 26.2 Å². The highest BCUT2D eigenvalue weighted by atomic mass is 15.6. The summed E-state index contributed by atoms with van der Waals surface area (Å²) in [6.45, 7) is 18.0. The molecule has 2 fully saturated rings. The molecule has 2 aliphatic rings. The van der Waals surface area contributed by atoms with Crippen molar-refractivity contribution >= 4 is 11.4 Å². The van der Waals surface area contributed by atoms with E-state index in [1.54, 1.807) is 4.90 Å². The molecular weight excluding hydrogens is 318 g/mol. The number of rotatable bonds is 2. The predicted octanol–water partition coefficient (Wildman–Crippen LogP) is 3.21. The van der Waals surface area contributed by atoms with Crippen molar-refractivity contribution in [2.45, 2.75) is 41.5 Å². The van der Waals surface area contributed by atoms with Crippen LogP contribution in [0.2, 0.25) is 0 Å². The van der Waals surface area contributed by atoms with Gasteiger partial charge in [-0.2, -0.15) is 0 Å². The van der Waals surface area contributed by atoms with E-state index >= 15 is 0 Å². The van der Waals surface area contributed by atoms with Crippen LogP contribution >= 0.6 is 0 Å². The molecule has 2 heterocycles. The Kier molecular flexibility index (Phi) is 4.23. The van der Waals surface area contributed by atoms with Crippen molar-refractivity contribution in [2.24, 2.45) is 0 Å². The van der Waals surface area contributed by atoms with Crippen LogP contribution in [0.5, 0.6) is 0 Å². The summed E-state index contributed by atoms with van der Waals surface area (Å²) in [7, 11) is 0. The normalized spacial score (nSPS) is 18.1. The van der Waals surface area contributed by atoms with Gasteiger partial charge in [-0.3, -0.25) is 0 Å². The summed E-state index contributed by atoms with van der Waals surface area (Å²) in [5.74, 6) is 0. The van der Waals surface area contributed by atoms with Crippen LogP contribution in [0.25, 0.3) is 0 Å². The number of nitrogens with zero attached hydrogens (tertiary/aromatic N) is 2. The maximum Gasteiger partial charge on any atom is 0.0715 e. The third-order valence-electron chi connectivity index (χ3n) is 5.91. The summed E-state index contributed by atoms with van der Waals surface area (Å²) in [5, 5.41) is 0. The minimum Gasteiger partial charge on any atom is -0.444 e. The summed E-state index contributed by atoms with van der Waals surface area (Å²) < 4.78 is 0. The zero-order valence-electron chi connectivity index (χ0n) is 17.0. The van der Waals surface area contributed by atoms with E-state index < -0.39 is 0 Å². The Bertz CT molecular complexity index is 739. The third kappa shape index (κ3) is 2.69. The van der Waals surface area contributed by atoms with Crippen molar-refractivity contribution < 1.29 is 4.90 Å². The molecule has 0 unspecified atom stereocenters. The van der Waals surface area contributed by atoms with Gasteiger partial charge in [-0.15, -0.1) is 0 Å². The lowest BCUT2D eigenvalue weighted by atomic mass is 10.0. The van der Waals surface area contributed by atoms with Gasteiger partial charge in [-0.05, 0) is 63.8 Å². The molecule has 0 spiro atoms. The lowest BCUT2D eigenvalue weighted by Gasteiger charge is -2.45. The SMILES string of the molecule is Cc1cc(C)c(N2CC[NH+]3CCN(c4c(C)cc(C)cc4C)[C-]23)c(C)c1. The second kappa shape index (κ2) is 6.31. The first-order valence-corrected chi connectivity index (χ1v) is 9.79. The zero-order valence-corrected chi connectivity index (χ0v) is 17.0. The van der Waals surface area contributed by atoms with E-state index in [0.29, 0.717) is 0 Å². The van der Waals surface area contributed by atoms with Gasteiger partial charge in [0.15, 0.2) is 0 Å². The first kappa shape index (κ1) is 17.4. The van der Waals surface area contributed by atoms with Gasteiger partial charge >= 0.3 is 0 Å². The number of anilines is 2. The number of fused-ring (bicyclic) bond motifs is 1. The Morgan fingerprint density at radius 3 is 1.35 bits per heavy atom. The fourth-order valence-corrected chi connectivity index (χ4v) is 5.21. The van der Waals surface area contributed by atoms with Gasteiger partial charge < -0.3 is 14.7 Å². The van der Waals surface area contributed by atoms with Crippen LogP contribution in [0.15, 0.2) is 24.3 Å². The molecule has 4 rings (SSSR count). The van der Waals surface area contributed by atoms with Crippen molar-refractivity contribution in [1.29, 1.82) is 0 Å². The maximum absolute atomic E-state index is 2.59. The van der Waals surface area contributed by atoms with Crippen LogP contribution in [-0.2, 0) is 0 Å². The molecule has 1 N–H and O–H groups in total. The topological polar surface area (TPSA) is 10.9 Å². The average Bonchev–Trinajstić information content (AvgIpc) is 3.09. The summed E-state index contributed by atoms with van der Waals surface area (Å²) in [6, 6.07) is 9.29. The highest BCUT2D eigenvalue weighted by Crippen LogP contribution is 2.36. The highest BCUT2D eigenvalue weighted by molar-refractivity contribution is 5.68. The van der Waals surface area contributed by atoms with Gasteiger partial charge in [0.2, 0.25) is 0 Å². The number of nitrogens with one attached hydrogen (secondary N) is 1. The lowest BCUT2D eigenvalue weighted by Crippen LogP contribution is -3.10. The van der Waals surface area contributed by atoms with E-state index in [0.717, 1.165) is 13.1 Å². The summed E-state index contributed by atoms with van der Waals surface area (Å²) >= 11 is 0. The van der Waals surface area contributed by atoms with Crippen molar-refractivity contribution in [3.8, 4) is 0 Å². The van der Waals surface area contributed by atoms with E-state index in [2.05, 4.69) is 75.6 Å². The molecule has 2 saturated heterocycles. The van der Waals surface area contributed by atoms with E-state index in [4.69, 9.17) is 0 Å². The van der Waals surface area contributed by atoms with Gasteiger partial charge in [0.25, 0.3) is 0 Å². The van der Waals surface area contributed by atoms with E-state index in [9.17, 15) is 0 Å². The molecule has 0 radical (unpaired) electrons. The Balaban J connectivity index is 1.78. The van der Waals surface area contributed by atoms with Crippen molar-refractivity contribution in [3.05, 3.63) is 63.9 Å². The fourth-order valence-electron chi connectivity index (χ4n) is 5.21. The van der Waals surface area contributed by atoms with Crippen LogP contribution in [0, 0.1) is 47.8 Å². The fraction of sp³-hybridized carbons (Fsp3) is 0.435. The van der Waals surface area contributed by atoms with Gasteiger partial charge in [0, 0.05) is 24.5 Å². The monoisotopic (exact) mass is 349 g/mol. The van der Waals surface area contributed by atoms with Crippen LogP contribution in [0.3, 0.4) is 0 Å². The van der Waals surface area contributed by atoms with Gasteiger partial charge in [0.1, 0.15) is 0 Å². The molecule has 0 aliphatic carbocycles. The van der Waals surface area contributed by atoms with Crippen molar-refractivity contribution in [1.82, 2.24) is 0 Å². The molecule has 2 aromatic carbocycles. The van der Waals surface area contributed by atoms with Crippen LogP contribution in [0.4, 0.5) is 11.4 Å². The Morgan fingerprint density at radius 2 is 1.00 bits per heavy atom. The Labute approximate surface area is 158 Å². The number of hydrogen-bond donors (Lipinski definition) is 1. The van der Waals surface area contributed by atoms with Gasteiger partial charge in [-0.25, -0.2) is 0 Å². The lowest BCUT2D eigenvalue weighted by molar-refractivity contribution is -0.861. The number of hydrogen-bond acceptors (Lipinski definition) is 2. The summed E-state index contributed by atoms with van der Waals surface area (Å²) in [6.07, 6.45) is 1.45. The van der Waals surface area contributed by atoms with Crippen molar-refractivity contribution in [3.63, 3.8) is 0 Å². The molecule has 0 amide bonds. The first-order chi connectivity index (χ1) is 12.4. The summed E-state index contributed by atoms with van der Waals surface area (Å²) in [4.78, 5) is 6.81. The molecule has 0 atom stereocenters. The first-order valence-electron chi connectivity index (χ1n) is 9.79. The molecular formula is C23H31N3. The third-order valence-corrected chi connectivity index (χ3v) is 5.91. The van der Waals surface area contributed by atoms with E-state index in [1.165, 1.54) is 64.1 Å². The largest absolute Gasteiger partial charge is 0.444 e. The minimum absolute atomic E-state index is 1.11. The van der Waals surface area contributed by atoms with Crippen LogP contribution < -0.4 is 14.7 Å². The van der Waals surface area contributed by atoms with Crippen molar-refractivity contribution in [2.75, 3.05) is 36.0 Å². The summed E-state index contributed by atoms with van der Waals surface area (Å²) in [5.41, 5.74) is 11.1. The number of quaternary nitrogens is 1. The maximum atomic E-state index is 2.59.